The van der Waals surface area contributed by atoms with Gasteiger partial charge in [-0.25, -0.2) is 0 Å². The van der Waals surface area contributed by atoms with Crippen LogP contribution >= 0.6 is 0 Å². The van der Waals surface area contributed by atoms with Crippen LogP contribution in [-0.4, -0.2) is 79.6 Å². The first-order valence-electron chi connectivity index (χ1n) is 8.56. The molecule has 0 atom stereocenters. The minimum absolute atomic E-state index is 0.0828. The van der Waals surface area contributed by atoms with Crippen LogP contribution in [0.25, 0.3) is 5.69 Å². The summed E-state index contributed by atoms with van der Waals surface area (Å²) in [5.41, 5.74) is 0.902. The van der Waals surface area contributed by atoms with Crippen LogP contribution in [0.2, 0.25) is 0 Å². The largest absolute Gasteiger partial charge is 0.481 e. The van der Waals surface area contributed by atoms with Gasteiger partial charge in [-0.15, -0.1) is 5.10 Å². The van der Waals surface area contributed by atoms with Crippen molar-refractivity contribution in [2.24, 2.45) is 5.92 Å². The van der Waals surface area contributed by atoms with Gasteiger partial charge in [0.2, 0.25) is 5.91 Å². The van der Waals surface area contributed by atoms with Crippen molar-refractivity contribution >= 4 is 17.8 Å². The maximum absolute atomic E-state index is 12.8. The average Bonchev–Trinajstić information content (AvgIpc) is 3.22. The molecular formula is C17H20N6O4. The van der Waals surface area contributed by atoms with Crippen LogP contribution in [0.1, 0.15) is 23.2 Å². The fourth-order valence-corrected chi connectivity index (χ4v) is 3.08. The monoisotopic (exact) mass is 372 g/mol. The molecule has 0 unspecified atom stereocenters. The van der Waals surface area contributed by atoms with E-state index >= 15 is 0 Å². The van der Waals surface area contributed by atoms with E-state index in [1.165, 1.54) is 15.9 Å². The highest BCUT2D eigenvalue weighted by Gasteiger charge is 2.28. The molecule has 1 saturated heterocycles. The number of tetrazole rings is 1. The molecule has 1 aliphatic heterocycles. The number of likely N-dealkylation sites (N-methyl/N-ethyl adjacent to an activating group) is 1. The zero-order valence-electron chi connectivity index (χ0n) is 14.9. The molecule has 10 heteroatoms. The summed E-state index contributed by atoms with van der Waals surface area (Å²) in [4.78, 5) is 39.3. The van der Waals surface area contributed by atoms with Gasteiger partial charge < -0.3 is 14.9 Å². The van der Waals surface area contributed by atoms with Crippen molar-refractivity contribution < 1.29 is 19.5 Å². The van der Waals surface area contributed by atoms with Crippen molar-refractivity contribution in [3.05, 3.63) is 36.2 Å². The molecule has 2 aromatic rings. The predicted molar refractivity (Wildman–Crippen MR) is 93.1 cm³/mol. The topological polar surface area (TPSA) is 122 Å². The molecule has 0 bridgehead atoms. The molecule has 2 amide bonds. The lowest BCUT2D eigenvalue weighted by Crippen LogP contribution is -2.45. The summed E-state index contributed by atoms with van der Waals surface area (Å²) in [6.45, 7) is 0.693. The predicted octanol–water partition coefficient (Wildman–Crippen LogP) is 0.0575. The summed E-state index contributed by atoms with van der Waals surface area (Å²) < 4.78 is 1.39. The quantitative estimate of drug-likeness (QED) is 0.787. The van der Waals surface area contributed by atoms with Crippen LogP contribution in [-0.2, 0) is 9.59 Å². The lowest BCUT2D eigenvalue weighted by Gasteiger charge is -2.31. The molecule has 0 radical (unpaired) electrons. The molecule has 0 spiro atoms. The van der Waals surface area contributed by atoms with E-state index in [2.05, 4.69) is 15.5 Å². The third-order valence-electron chi connectivity index (χ3n) is 4.65. The number of rotatable bonds is 5. The minimum Gasteiger partial charge on any atom is -0.481 e. The number of aliphatic carboxylic acids is 1. The van der Waals surface area contributed by atoms with Gasteiger partial charge >= 0.3 is 5.97 Å². The van der Waals surface area contributed by atoms with E-state index in [1.807, 2.05) is 0 Å². The van der Waals surface area contributed by atoms with Crippen molar-refractivity contribution in [1.29, 1.82) is 0 Å². The first-order valence-corrected chi connectivity index (χ1v) is 8.56. The molecule has 1 aromatic heterocycles. The van der Waals surface area contributed by atoms with E-state index in [0.29, 0.717) is 37.2 Å². The number of carboxylic acids is 1. The number of aromatic nitrogens is 4. The standard InChI is InChI=1S/C17H20N6O4/c1-21(10-15(24)22-8-6-12(7-9-22)17(26)27)16(25)13-4-2-3-5-14(13)23-11-18-19-20-23/h2-5,11-12H,6-10H2,1H3,(H,26,27). The van der Waals surface area contributed by atoms with Crippen molar-refractivity contribution in [3.8, 4) is 5.69 Å². The molecule has 3 rings (SSSR count). The Morgan fingerprint density at radius 3 is 2.56 bits per heavy atom. The van der Waals surface area contributed by atoms with E-state index in [1.54, 1.807) is 36.2 Å². The van der Waals surface area contributed by atoms with Gasteiger partial charge in [-0.05, 0) is 35.4 Å². The molecule has 0 aliphatic carbocycles. The second kappa shape index (κ2) is 7.94. The summed E-state index contributed by atoms with van der Waals surface area (Å²) in [7, 11) is 1.56. The molecule has 1 N–H and O–H groups in total. The molecule has 1 fully saturated rings. The number of hydrogen-bond acceptors (Lipinski definition) is 6. The highest BCUT2D eigenvalue weighted by Crippen LogP contribution is 2.18. The summed E-state index contributed by atoms with van der Waals surface area (Å²) in [5, 5.41) is 20.0. The lowest BCUT2D eigenvalue weighted by atomic mass is 9.97. The molecule has 2 heterocycles. The van der Waals surface area contributed by atoms with Crippen molar-refractivity contribution in [2.75, 3.05) is 26.7 Å². The van der Waals surface area contributed by atoms with Crippen LogP contribution < -0.4 is 0 Å². The number of hydrogen-bond donors (Lipinski definition) is 1. The van der Waals surface area contributed by atoms with Crippen molar-refractivity contribution in [2.45, 2.75) is 12.8 Å². The highest BCUT2D eigenvalue weighted by atomic mass is 16.4. The Morgan fingerprint density at radius 2 is 1.93 bits per heavy atom. The third-order valence-corrected chi connectivity index (χ3v) is 4.65. The third kappa shape index (κ3) is 4.10. The van der Waals surface area contributed by atoms with E-state index in [4.69, 9.17) is 5.11 Å². The lowest BCUT2D eigenvalue weighted by molar-refractivity contribution is -0.145. The Kier molecular flexibility index (Phi) is 5.43. The fourth-order valence-electron chi connectivity index (χ4n) is 3.08. The number of carboxylic acid groups (broad SMARTS) is 1. The number of para-hydroxylation sites is 1. The Morgan fingerprint density at radius 1 is 1.22 bits per heavy atom. The van der Waals surface area contributed by atoms with E-state index < -0.39 is 11.9 Å². The van der Waals surface area contributed by atoms with Gasteiger partial charge in [0.15, 0.2) is 0 Å². The first kappa shape index (κ1) is 18.5. The van der Waals surface area contributed by atoms with Gasteiger partial charge in [-0.1, -0.05) is 12.1 Å². The van der Waals surface area contributed by atoms with Crippen LogP contribution in [0.3, 0.4) is 0 Å². The molecular weight excluding hydrogens is 352 g/mol. The number of piperidine rings is 1. The molecule has 1 aliphatic rings. The number of benzene rings is 1. The Bertz CT molecular complexity index is 830. The maximum Gasteiger partial charge on any atom is 0.306 e. The van der Waals surface area contributed by atoms with E-state index in [9.17, 15) is 14.4 Å². The zero-order chi connectivity index (χ0) is 19.4. The highest BCUT2D eigenvalue weighted by molar-refractivity contribution is 5.99. The van der Waals surface area contributed by atoms with Gasteiger partial charge in [0.1, 0.15) is 6.33 Å². The van der Waals surface area contributed by atoms with E-state index in [0.717, 1.165) is 0 Å². The van der Waals surface area contributed by atoms with Gasteiger partial charge in [0.05, 0.1) is 23.7 Å². The molecule has 1 aromatic carbocycles. The summed E-state index contributed by atoms with van der Waals surface area (Å²) in [5.74, 6) is -1.75. The number of amides is 2. The minimum atomic E-state index is -0.825. The van der Waals surface area contributed by atoms with Gasteiger partial charge in [0.25, 0.3) is 5.91 Å². The van der Waals surface area contributed by atoms with Crippen molar-refractivity contribution in [3.63, 3.8) is 0 Å². The Hall–Kier alpha value is -3.30. The molecule has 10 nitrogen and oxygen atoms in total. The second-order valence-corrected chi connectivity index (χ2v) is 6.43. The SMILES string of the molecule is CN(CC(=O)N1CCC(C(=O)O)CC1)C(=O)c1ccccc1-n1cnnn1. The Balaban J connectivity index is 1.65. The normalized spacial score (nSPS) is 14.8. The number of nitrogens with zero attached hydrogens (tertiary/aromatic N) is 6. The second-order valence-electron chi connectivity index (χ2n) is 6.43. The van der Waals surface area contributed by atoms with Crippen LogP contribution in [0, 0.1) is 5.92 Å². The van der Waals surface area contributed by atoms with Gasteiger partial charge in [-0.3, -0.25) is 14.4 Å². The summed E-state index contributed by atoms with van der Waals surface area (Å²) in [6, 6.07) is 6.87. The van der Waals surface area contributed by atoms with Crippen molar-refractivity contribution in [1.82, 2.24) is 30.0 Å². The summed E-state index contributed by atoms with van der Waals surface area (Å²) in [6.07, 6.45) is 2.26. The average molecular weight is 372 g/mol. The number of carbonyl (C=O) groups is 3. The van der Waals surface area contributed by atoms with Crippen LogP contribution in [0.15, 0.2) is 30.6 Å². The molecule has 27 heavy (non-hydrogen) atoms. The molecule has 142 valence electrons. The first-order chi connectivity index (χ1) is 13.0. The van der Waals surface area contributed by atoms with Crippen LogP contribution in [0.4, 0.5) is 0 Å². The maximum atomic E-state index is 12.8. The summed E-state index contributed by atoms with van der Waals surface area (Å²) >= 11 is 0. The van der Waals surface area contributed by atoms with E-state index in [-0.39, 0.29) is 18.4 Å². The van der Waals surface area contributed by atoms with Gasteiger partial charge in [0, 0.05) is 20.1 Å². The van der Waals surface area contributed by atoms with Crippen LogP contribution in [0.5, 0.6) is 0 Å². The number of likely N-dealkylation sites (tertiary alicyclic amines) is 1. The van der Waals surface area contributed by atoms with Gasteiger partial charge in [-0.2, -0.15) is 4.68 Å². The zero-order valence-corrected chi connectivity index (χ0v) is 14.9. The number of carbonyl (C=O) groups excluding carboxylic acids is 2. The molecule has 0 saturated carbocycles. The Labute approximate surface area is 155 Å². The fraction of sp³-hybridized carbons (Fsp3) is 0.412. The smallest absolute Gasteiger partial charge is 0.306 e.